The minimum Gasteiger partial charge on any atom is -0.319 e. The Kier molecular flexibility index (Phi) is 4.33. The number of nitrogens with one attached hydrogen (secondary N) is 1. The van der Waals surface area contributed by atoms with Crippen LogP contribution >= 0.6 is 0 Å². The number of halogens is 1. The van der Waals surface area contributed by atoms with E-state index in [0.29, 0.717) is 22.6 Å². The van der Waals surface area contributed by atoms with Crippen LogP contribution in [-0.4, -0.2) is 15.9 Å². The Bertz CT molecular complexity index is 871. The highest BCUT2D eigenvalue weighted by atomic mass is 19.1. The number of hydrogen-bond acceptors (Lipinski definition) is 3. The summed E-state index contributed by atoms with van der Waals surface area (Å²) < 4.78 is 13.2. The summed E-state index contributed by atoms with van der Waals surface area (Å²) in [5, 5.41) is 2.76. The molecule has 0 bridgehead atoms. The molecule has 5 heteroatoms. The quantitative estimate of drug-likeness (QED) is 0.788. The molecule has 0 radical (unpaired) electrons. The molecule has 4 nitrogen and oxygen atoms in total. The lowest BCUT2D eigenvalue weighted by Gasteiger charge is -2.07. The maximum Gasteiger partial charge on any atom is 0.255 e. The summed E-state index contributed by atoms with van der Waals surface area (Å²) in [5.41, 5.74) is 3.71. The second-order valence-corrected chi connectivity index (χ2v) is 5.64. The van der Waals surface area contributed by atoms with Crippen LogP contribution in [0.25, 0.3) is 11.4 Å². The van der Waals surface area contributed by atoms with Crippen molar-refractivity contribution >= 4 is 11.6 Å². The lowest BCUT2D eigenvalue weighted by Crippen LogP contribution is -2.12. The Hall–Kier alpha value is -3.08. The highest BCUT2D eigenvalue weighted by molar-refractivity contribution is 6.04. The van der Waals surface area contributed by atoms with Crippen molar-refractivity contribution < 1.29 is 9.18 Å². The molecule has 0 unspecified atom stereocenters. The Labute approximate surface area is 139 Å². The average molecular weight is 321 g/mol. The van der Waals surface area contributed by atoms with Gasteiger partial charge in [0.1, 0.15) is 5.82 Å². The van der Waals surface area contributed by atoms with E-state index in [1.54, 1.807) is 12.1 Å². The number of hydrogen-bond donors (Lipinski definition) is 1. The van der Waals surface area contributed by atoms with Gasteiger partial charge in [-0.25, -0.2) is 14.4 Å². The first kappa shape index (κ1) is 15.8. The number of anilines is 1. The number of benzene rings is 2. The van der Waals surface area contributed by atoms with Gasteiger partial charge in [-0.3, -0.25) is 4.79 Å². The normalized spacial score (nSPS) is 10.5. The molecule has 1 amide bonds. The number of carbonyl (C=O) groups excluding carboxylic acids is 1. The van der Waals surface area contributed by atoms with Gasteiger partial charge < -0.3 is 5.32 Å². The molecule has 1 heterocycles. The van der Waals surface area contributed by atoms with Crippen LogP contribution in [0.15, 0.2) is 54.9 Å². The predicted molar refractivity (Wildman–Crippen MR) is 91.3 cm³/mol. The molecule has 120 valence electrons. The van der Waals surface area contributed by atoms with Gasteiger partial charge in [-0.2, -0.15) is 0 Å². The van der Waals surface area contributed by atoms with Crippen LogP contribution < -0.4 is 5.32 Å². The molecule has 0 aliphatic heterocycles. The van der Waals surface area contributed by atoms with E-state index >= 15 is 0 Å². The Balaban J connectivity index is 1.77. The van der Waals surface area contributed by atoms with Crippen molar-refractivity contribution in [3.8, 4) is 11.4 Å². The Morgan fingerprint density at radius 1 is 1.00 bits per heavy atom. The number of amides is 1. The summed E-state index contributed by atoms with van der Waals surface area (Å²) in [6.45, 7) is 3.89. The molecular weight excluding hydrogens is 305 g/mol. The molecule has 0 saturated carbocycles. The van der Waals surface area contributed by atoms with Crippen molar-refractivity contribution in [3.63, 3.8) is 0 Å². The van der Waals surface area contributed by atoms with Crippen LogP contribution in [0.4, 0.5) is 10.1 Å². The van der Waals surface area contributed by atoms with Gasteiger partial charge in [0.15, 0.2) is 5.82 Å². The molecule has 0 fully saturated rings. The largest absolute Gasteiger partial charge is 0.319 e. The van der Waals surface area contributed by atoms with Gasteiger partial charge in [0.25, 0.3) is 5.91 Å². The van der Waals surface area contributed by atoms with Gasteiger partial charge in [-0.05, 0) is 38.1 Å². The lowest BCUT2D eigenvalue weighted by molar-refractivity contribution is 0.102. The predicted octanol–water partition coefficient (Wildman–Crippen LogP) is 4.15. The SMILES string of the molecule is Cc1cc(C)cc(C(=O)Nc2cnc(-c3cccc(F)c3)nc2)c1. The molecule has 2 aromatic carbocycles. The van der Waals surface area contributed by atoms with E-state index in [4.69, 9.17) is 0 Å². The van der Waals surface area contributed by atoms with Gasteiger partial charge in [-0.15, -0.1) is 0 Å². The first-order valence-corrected chi connectivity index (χ1v) is 7.49. The van der Waals surface area contributed by atoms with E-state index in [2.05, 4.69) is 15.3 Å². The van der Waals surface area contributed by atoms with Crippen molar-refractivity contribution in [2.75, 3.05) is 5.32 Å². The van der Waals surface area contributed by atoms with E-state index in [0.717, 1.165) is 11.1 Å². The van der Waals surface area contributed by atoms with E-state index in [9.17, 15) is 9.18 Å². The smallest absolute Gasteiger partial charge is 0.255 e. The van der Waals surface area contributed by atoms with Crippen LogP contribution in [0, 0.1) is 19.7 Å². The third-order valence-corrected chi connectivity index (χ3v) is 3.48. The number of carbonyl (C=O) groups is 1. The maximum atomic E-state index is 13.2. The topological polar surface area (TPSA) is 54.9 Å². The average Bonchev–Trinajstić information content (AvgIpc) is 2.54. The molecule has 0 aliphatic carbocycles. The van der Waals surface area contributed by atoms with Crippen molar-refractivity contribution in [3.05, 3.63) is 77.4 Å². The summed E-state index contributed by atoms with van der Waals surface area (Å²) in [7, 11) is 0. The molecule has 3 aromatic rings. The zero-order valence-corrected chi connectivity index (χ0v) is 13.4. The van der Waals surface area contributed by atoms with Crippen molar-refractivity contribution in [1.82, 2.24) is 9.97 Å². The summed E-state index contributed by atoms with van der Waals surface area (Å²) in [6.07, 6.45) is 3.02. The van der Waals surface area contributed by atoms with Gasteiger partial charge >= 0.3 is 0 Å². The first-order valence-electron chi connectivity index (χ1n) is 7.49. The second-order valence-electron chi connectivity index (χ2n) is 5.64. The third kappa shape index (κ3) is 3.63. The standard InChI is InChI=1S/C19H16FN3O/c1-12-6-13(2)8-15(7-12)19(24)23-17-10-21-18(22-11-17)14-4-3-5-16(20)9-14/h3-11H,1-2H3,(H,23,24). The summed E-state index contributed by atoms with van der Waals surface area (Å²) >= 11 is 0. The zero-order chi connectivity index (χ0) is 17.1. The molecule has 1 N–H and O–H groups in total. The van der Waals surface area contributed by atoms with Gasteiger partial charge in [0.05, 0.1) is 18.1 Å². The minimum atomic E-state index is -0.344. The highest BCUT2D eigenvalue weighted by Gasteiger charge is 2.09. The van der Waals surface area contributed by atoms with Crippen LogP contribution in [0.5, 0.6) is 0 Å². The molecular formula is C19H16FN3O. The molecule has 24 heavy (non-hydrogen) atoms. The van der Waals surface area contributed by atoms with Crippen molar-refractivity contribution in [2.24, 2.45) is 0 Å². The number of aryl methyl sites for hydroxylation is 2. The van der Waals surface area contributed by atoms with E-state index in [1.807, 2.05) is 32.0 Å². The van der Waals surface area contributed by atoms with Crippen LogP contribution in [-0.2, 0) is 0 Å². The molecule has 0 aliphatic rings. The fourth-order valence-electron chi connectivity index (χ4n) is 2.48. The molecule has 0 saturated heterocycles. The van der Waals surface area contributed by atoms with Gasteiger partial charge in [0.2, 0.25) is 0 Å². The summed E-state index contributed by atoms with van der Waals surface area (Å²) in [4.78, 5) is 20.7. The number of aromatic nitrogens is 2. The molecule has 3 rings (SSSR count). The van der Waals surface area contributed by atoms with Gasteiger partial charge in [0, 0.05) is 11.1 Å². The Morgan fingerprint density at radius 2 is 1.67 bits per heavy atom. The molecule has 0 atom stereocenters. The first-order chi connectivity index (χ1) is 11.5. The highest BCUT2D eigenvalue weighted by Crippen LogP contribution is 2.17. The maximum absolute atomic E-state index is 13.2. The van der Waals surface area contributed by atoms with E-state index in [1.165, 1.54) is 24.5 Å². The lowest BCUT2D eigenvalue weighted by atomic mass is 10.1. The number of rotatable bonds is 3. The fraction of sp³-hybridized carbons (Fsp3) is 0.105. The van der Waals surface area contributed by atoms with Crippen molar-refractivity contribution in [1.29, 1.82) is 0 Å². The van der Waals surface area contributed by atoms with Crippen LogP contribution in [0.1, 0.15) is 21.5 Å². The summed E-state index contributed by atoms with van der Waals surface area (Å²) in [6, 6.07) is 11.7. The fourth-order valence-corrected chi connectivity index (χ4v) is 2.48. The van der Waals surface area contributed by atoms with Crippen LogP contribution in [0.3, 0.4) is 0 Å². The van der Waals surface area contributed by atoms with E-state index in [-0.39, 0.29) is 11.7 Å². The molecule has 1 aromatic heterocycles. The van der Waals surface area contributed by atoms with Crippen molar-refractivity contribution in [2.45, 2.75) is 13.8 Å². The zero-order valence-electron chi connectivity index (χ0n) is 13.4. The van der Waals surface area contributed by atoms with Crippen LogP contribution in [0.2, 0.25) is 0 Å². The molecule has 0 spiro atoms. The number of nitrogens with zero attached hydrogens (tertiary/aromatic N) is 2. The van der Waals surface area contributed by atoms with E-state index < -0.39 is 0 Å². The monoisotopic (exact) mass is 321 g/mol. The third-order valence-electron chi connectivity index (χ3n) is 3.48. The Morgan fingerprint density at radius 3 is 2.29 bits per heavy atom. The minimum absolute atomic E-state index is 0.219. The second kappa shape index (κ2) is 6.58. The summed E-state index contributed by atoms with van der Waals surface area (Å²) in [5.74, 6) is -0.161. The van der Waals surface area contributed by atoms with Gasteiger partial charge in [-0.1, -0.05) is 29.3 Å².